The van der Waals surface area contributed by atoms with Crippen molar-refractivity contribution in [3.8, 4) is 0 Å². The quantitative estimate of drug-likeness (QED) is 0.530. The van der Waals surface area contributed by atoms with Gasteiger partial charge < -0.3 is 9.72 Å². The Morgan fingerprint density at radius 1 is 1.36 bits per heavy atom. The van der Waals surface area contributed by atoms with E-state index < -0.39 is 12.1 Å². The van der Waals surface area contributed by atoms with Gasteiger partial charge in [-0.3, -0.25) is 4.79 Å². The molecule has 1 atom stereocenters. The number of thiophene rings is 1. The van der Waals surface area contributed by atoms with Gasteiger partial charge in [0.05, 0.1) is 16.5 Å². The lowest BCUT2D eigenvalue weighted by Crippen LogP contribution is -2.17. The molecule has 1 aromatic carbocycles. The molecule has 1 N–H and O–H groups in total. The second-order valence-electron chi connectivity index (χ2n) is 6.57. The van der Waals surface area contributed by atoms with Crippen molar-refractivity contribution in [1.29, 1.82) is 0 Å². The molecule has 9 heteroatoms. The van der Waals surface area contributed by atoms with Gasteiger partial charge in [0.15, 0.2) is 11.9 Å². The molecule has 4 rings (SSSR count). The number of H-pyrrole nitrogens is 1. The van der Waals surface area contributed by atoms with E-state index in [0.29, 0.717) is 33.7 Å². The number of aromatic nitrogens is 5. The summed E-state index contributed by atoms with van der Waals surface area (Å²) < 4.78 is 7.28. The van der Waals surface area contributed by atoms with Crippen molar-refractivity contribution in [2.24, 2.45) is 0 Å². The molecule has 0 saturated carbocycles. The normalized spacial score (nSPS) is 12.6. The predicted octanol–water partition coefficient (Wildman–Crippen LogP) is 3.28. The van der Waals surface area contributed by atoms with Crippen LogP contribution in [0.15, 0.2) is 23.0 Å². The van der Waals surface area contributed by atoms with E-state index in [0.717, 1.165) is 16.0 Å². The van der Waals surface area contributed by atoms with E-state index in [-0.39, 0.29) is 5.56 Å². The summed E-state index contributed by atoms with van der Waals surface area (Å²) in [7, 11) is 0. The summed E-state index contributed by atoms with van der Waals surface area (Å²) in [6, 6.07) is 5.12. The zero-order valence-electron chi connectivity index (χ0n) is 15.9. The average molecular weight is 397 g/mol. The van der Waals surface area contributed by atoms with Crippen LogP contribution in [0.3, 0.4) is 0 Å². The van der Waals surface area contributed by atoms with Crippen molar-refractivity contribution in [1.82, 2.24) is 25.0 Å². The Labute approximate surface area is 164 Å². The van der Waals surface area contributed by atoms with E-state index in [2.05, 4.69) is 20.3 Å². The molecule has 0 unspecified atom stereocenters. The average Bonchev–Trinajstić information content (AvgIpc) is 3.21. The number of rotatable bonds is 4. The molecule has 0 spiro atoms. The number of aryl methyl sites for hydroxylation is 3. The van der Waals surface area contributed by atoms with Crippen LogP contribution in [0.2, 0.25) is 0 Å². The first-order chi connectivity index (χ1) is 13.4. The largest absolute Gasteiger partial charge is 0.451 e. The second kappa shape index (κ2) is 6.83. The Hall–Kier alpha value is -3.07. The predicted molar refractivity (Wildman–Crippen MR) is 107 cm³/mol. The SMILES string of the molecule is CCn1nnc2cc(C(=O)O[C@H](C)c3nc4sc(C)c(C)c4c(=O)[nH]3)ccc21. The van der Waals surface area contributed by atoms with Crippen LogP contribution in [0.5, 0.6) is 0 Å². The van der Waals surface area contributed by atoms with E-state index in [1.165, 1.54) is 11.3 Å². The molecule has 0 saturated heterocycles. The van der Waals surface area contributed by atoms with E-state index in [9.17, 15) is 9.59 Å². The smallest absolute Gasteiger partial charge is 0.338 e. The molecule has 0 fully saturated rings. The molecule has 0 aliphatic carbocycles. The van der Waals surface area contributed by atoms with Crippen LogP contribution in [0.1, 0.15) is 46.6 Å². The molecule has 0 amide bonds. The summed E-state index contributed by atoms with van der Waals surface area (Å²) in [6.07, 6.45) is -0.700. The van der Waals surface area contributed by atoms with E-state index in [1.807, 2.05) is 20.8 Å². The minimum absolute atomic E-state index is 0.220. The molecule has 3 aromatic heterocycles. The molecular formula is C19H19N5O3S. The fourth-order valence-corrected chi connectivity index (χ4v) is 4.12. The van der Waals surface area contributed by atoms with Crippen LogP contribution in [0.25, 0.3) is 21.3 Å². The first-order valence-corrected chi connectivity index (χ1v) is 9.74. The highest BCUT2D eigenvalue weighted by molar-refractivity contribution is 7.18. The van der Waals surface area contributed by atoms with Crippen LogP contribution >= 0.6 is 11.3 Å². The second-order valence-corrected chi connectivity index (χ2v) is 7.77. The monoisotopic (exact) mass is 397 g/mol. The maximum Gasteiger partial charge on any atom is 0.338 e. The van der Waals surface area contributed by atoms with Gasteiger partial charge in [-0.2, -0.15) is 0 Å². The lowest BCUT2D eigenvalue weighted by atomic mass is 10.2. The van der Waals surface area contributed by atoms with E-state index >= 15 is 0 Å². The van der Waals surface area contributed by atoms with Crippen LogP contribution < -0.4 is 5.56 Å². The maximum absolute atomic E-state index is 12.6. The van der Waals surface area contributed by atoms with Gasteiger partial charge in [-0.15, -0.1) is 16.4 Å². The van der Waals surface area contributed by atoms with Gasteiger partial charge in [0.1, 0.15) is 10.3 Å². The zero-order chi connectivity index (χ0) is 20.0. The number of carbonyl (C=O) groups is 1. The fourth-order valence-electron chi connectivity index (χ4n) is 3.08. The topological polar surface area (TPSA) is 103 Å². The summed E-state index contributed by atoms with van der Waals surface area (Å²) in [4.78, 5) is 33.9. The third kappa shape index (κ3) is 2.97. The standard InChI is InChI=1S/C19H19N5O3S/c1-5-24-14-7-6-12(8-13(14)22-23-24)19(26)27-10(3)16-20-17(25)15-9(2)11(4)28-18(15)21-16/h6-8,10H,5H2,1-4H3,(H,20,21,25)/t10-/m1/s1. The van der Waals surface area contributed by atoms with Gasteiger partial charge in [-0.1, -0.05) is 5.21 Å². The summed E-state index contributed by atoms with van der Waals surface area (Å²) in [5, 5.41) is 8.70. The highest BCUT2D eigenvalue weighted by Gasteiger charge is 2.19. The molecule has 8 nitrogen and oxygen atoms in total. The van der Waals surface area contributed by atoms with Crippen LogP contribution in [-0.4, -0.2) is 30.9 Å². The van der Waals surface area contributed by atoms with Crippen molar-refractivity contribution in [2.45, 2.75) is 40.3 Å². The van der Waals surface area contributed by atoms with Crippen molar-refractivity contribution >= 4 is 38.6 Å². The molecule has 0 bridgehead atoms. The Bertz CT molecular complexity index is 1270. The number of fused-ring (bicyclic) bond motifs is 2. The third-order valence-electron chi connectivity index (χ3n) is 4.78. The van der Waals surface area contributed by atoms with Gasteiger partial charge in [-0.25, -0.2) is 14.5 Å². The number of benzene rings is 1. The number of nitrogens with zero attached hydrogens (tertiary/aromatic N) is 4. The Morgan fingerprint density at radius 2 is 2.14 bits per heavy atom. The van der Waals surface area contributed by atoms with E-state index in [4.69, 9.17) is 4.74 Å². The third-order valence-corrected chi connectivity index (χ3v) is 5.88. The van der Waals surface area contributed by atoms with Gasteiger partial charge in [0.2, 0.25) is 0 Å². The van der Waals surface area contributed by atoms with Crippen LogP contribution in [-0.2, 0) is 11.3 Å². The Balaban J connectivity index is 1.61. The maximum atomic E-state index is 12.6. The summed E-state index contributed by atoms with van der Waals surface area (Å²) in [5.41, 5.74) is 2.56. The highest BCUT2D eigenvalue weighted by Crippen LogP contribution is 2.27. The first kappa shape index (κ1) is 18.3. The van der Waals surface area contributed by atoms with Crippen molar-refractivity contribution in [2.75, 3.05) is 0 Å². The lowest BCUT2D eigenvalue weighted by molar-refractivity contribution is 0.0320. The van der Waals surface area contributed by atoms with Gasteiger partial charge in [-0.05, 0) is 51.5 Å². The first-order valence-electron chi connectivity index (χ1n) is 8.93. The zero-order valence-corrected chi connectivity index (χ0v) is 16.8. The van der Waals surface area contributed by atoms with Crippen molar-refractivity contribution in [3.05, 3.63) is 50.4 Å². The minimum Gasteiger partial charge on any atom is -0.451 e. The van der Waals surface area contributed by atoms with Crippen molar-refractivity contribution in [3.63, 3.8) is 0 Å². The van der Waals surface area contributed by atoms with Gasteiger partial charge >= 0.3 is 5.97 Å². The number of hydrogen-bond acceptors (Lipinski definition) is 7. The Kier molecular flexibility index (Phi) is 4.46. The molecule has 4 aromatic rings. The van der Waals surface area contributed by atoms with Crippen LogP contribution in [0, 0.1) is 13.8 Å². The van der Waals surface area contributed by atoms with Gasteiger partial charge in [0.25, 0.3) is 5.56 Å². The number of hydrogen-bond donors (Lipinski definition) is 1. The summed E-state index contributed by atoms with van der Waals surface area (Å²) in [5.74, 6) is -0.188. The number of esters is 1. The fraction of sp³-hybridized carbons (Fsp3) is 0.316. The number of aromatic amines is 1. The molecular weight excluding hydrogens is 378 g/mol. The number of ether oxygens (including phenoxy) is 1. The highest BCUT2D eigenvalue weighted by atomic mass is 32.1. The molecule has 0 radical (unpaired) electrons. The van der Waals surface area contributed by atoms with Crippen LogP contribution in [0.4, 0.5) is 0 Å². The summed E-state index contributed by atoms with van der Waals surface area (Å²) in [6.45, 7) is 8.20. The van der Waals surface area contributed by atoms with Crippen molar-refractivity contribution < 1.29 is 9.53 Å². The summed E-state index contributed by atoms with van der Waals surface area (Å²) >= 11 is 1.46. The van der Waals surface area contributed by atoms with Gasteiger partial charge in [0, 0.05) is 11.4 Å². The number of nitrogens with one attached hydrogen (secondary N) is 1. The molecule has 28 heavy (non-hydrogen) atoms. The number of carbonyl (C=O) groups excluding carboxylic acids is 1. The van der Waals surface area contributed by atoms with E-state index in [1.54, 1.807) is 29.8 Å². The molecule has 3 heterocycles. The Morgan fingerprint density at radius 3 is 2.89 bits per heavy atom. The lowest BCUT2D eigenvalue weighted by Gasteiger charge is -2.12. The minimum atomic E-state index is -0.700. The molecule has 0 aliphatic heterocycles. The molecule has 0 aliphatic rings. The molecule has 144 valence electrons.